The number of carbonyl (C=O) groups excluding carboxylic acids is 1. The second-order valence-electron chi connectivity index (χ2n) is 8.97. The highest BCUT2D eigenvalue weighted by atomic mass is 32.1. The normalized spacial score (nSPS) is 15.4. The van der Waals surface area contributed by atoms with E-state index in [0.29, 0.717) is 18.6 Å². The first-order valence-corrected chi connectivity index (χ1v) is 13.6. The van der Waals surface area contributed by atoms with E-state index in [-0.39, 0.29) is 0 Å². The Hall–Kier alpha value is -2.46. The Bertz CT molecular complexity index is 1310. The summed E-state index contributed by atoms with van der Waals surface area (Å²) < 4.78 is 6.63. The smallest absolute Gasteiger partial charge is 0.142 e. The number of Topliss-reactive ketones (excluding diaryl/α,β-unsaturated/α-hetero) is 1. The lowest BCUT2D eigenvalue weighted by Crippen LogP contribution is -2.23. The number of thiophene rings is 1. The Morgan fingerprint density at radius 2 is 2.00 bits per heavy atom. The van der Waals surface area contributed by atoms with Crippen molar-refractivity contribution in [2.24, 2.45) is 0 Å². The summed E-state index contributed by atoms with van der Waals surface area (Å²) in [4.78, 5) is 24.6. The van der Waals surface area contributed by atoms with Crippen LogP contribution in [0.5, 0.6) is 0 Å². The highest BCUT2D eigenvalue weighted by Gasteiger charge is 2.25. The number of hydrogen-bond donors (Lipinski definition) is 2. The molecule has 0 aliphatic carbocycles. The predicted octanol–water partition coefficient (Wildman–Crippen LogP) is 4.22. The summed E-state index contributed by atoms with van der Waals surface area (Å²) >= 11 is 3.49. The third-order valence-electron chi connectivity index (χ3n) is 6.66. The van der Waals surface area contributed by atoms with Crippen molar-refractivity contribution < 1.29 is 9.32 Å². The minimum Gasteiger partial charge on any atom is -0.361 e. The van der Waals surface area contributed by atoms with E-state index in [1.165, 1.54) is 26.4 Å². The molecule has 0 radical (unpaired) electrons. The number of nitrogens with zero attached hydrogens (tertiary/aromatic N) is 3. The average molecular weight is 494 g/mol. The molecule has 0 atom stereocenters. The second-order valence-corrected chi connectivity index (χ2v) is 11.2. The Morgan fingerprint density at radius 1 is 1.09 bits per heavy atom. The summed E-state index contributed by atoms with van der Waals surface area (Å²) in [6.07, 6.45) is 9.32. The first-order chi connectivity index (χ1) is 16.8. The van der Waals surface area contributed by atoms with E-state index in [1.807, 2.05) is 18.5 Å². The highest BCUT2D eigenvalue weighted by Crippen LogP contribution is 2.41. The number of aryl methyl sites for hydroxylation is 1. The van der Waals surface area contributed by atoms with Crippen LogP contribution in [0.2, 0.25) is 0 Å². The van der Waals surface area contributed by atoms with E-state index in [9.17, 15) is 4.79 Å². The van der Waals surface area contributed by atoms with Gasteiger partial charge in [0.25, 0.3) is 0 Å². The van der Waals surface area contributed by atoms with E-state index >= 15 is 0 Å². The molecule has 0 aromatic carbocycles. The third-order valence-corrected chi connectivity index (χ3v) is 8.95. The average Bonchev–Trinajstić information content (AvgIpc) is 3.56. The van der Waals surface area contributed by atoms with Crippen molar-refractivity contribution in [2.75, 3.05) is 13.1 Å². The fourth-order valence-corrected chi connectivity index (χ4v) is 7.37. The Balaban J connectivity index is 1.14. The van der Waals surface area contributed by atoms with Gasteiger partial charge in [-0.2, -0.15) is 0 Å². The van der Waals surface area contributed by atoms with E-state index in [2.05, 4.69) is 20.8 Å². The standard InChI is InChI=1S/C25H27N5O2S2/c31-15(3-1-2-4-18-17-12-26-9-6-20(17)32-30-18)11-22-24(16-5-8-28-14-23(16)33-22)25-29-19-13-27-10-7-21(19)34-25/h7,10,13,26,28H,1-6,8-9,11-12,14H2. The number of ketones is 1. The molecule has 0 unspecified atom stereocenters. The quantitative estimate of drug-likeness (QED) is 0.355. The van der Waals surface area contributed by atoms with E-state index in [0.717, 1.165) is 85.0 Å². The van der Waals surface area contributed by atoms with Gasteiger partial charge in [0.15, 0.2) is 0 Å². The zero-order chi connectivity index (χ0) is 22.9. The lowest BCUT2D eigenvalue weighted by atomic mass is 9.99. The van der Waals surface area contributed by atoms with Crippen LogP contribution in [0.25, 0.3) is 20.8 Å². The van der Waals surface area contributed by atoms with E-state index in [1.54, 1.807) is 22.7 Å². The molecule has 9 heteroatoms. The molecule has 4 aromatic rings. The van der Waals surface area contributed by atoms with Crippen LogP contribution < -0.4 is 10.6 Å². The Labute approximate surface area is 206 Å². The molecule has 0 saturated carbocycles. The number of unbranched alkanes of at least 4 members (excludes halogenated alkanes) is 1. The summed E-state index contributed by atoms with van der Waals surface area (Å²) in [5.74, 6) is 1.33. The maximum atomic E-state index is 13.0. The first kappa shape index (κ1) is 22.0. The summed E-state index contributed by atoms with van der Waals surface area (Å²) in [6.45, 7) is 3.65. The summed E-state index contributed by atoms with van der Waals surface area (Å²) in [5, 5.41) is 12.1. The second kappa shape index (κ2) is 9.65. The fourth-order valence-electron chi connectivity index (χ4n) is 4.92. The predicted molar refractivity (Wildman–Crippen MR) is 134 cm³/mol. The number of hydrogen-bond acceptors (Lipinski definition) is 9. The number of rotatable bonds is 8. The van der Waals surface area contributed by atoms with Crippen LogP contribution in [0.15, 0.2) is 23.0 Å². The van der Waals surface area contributed by atoms with Gasteiger partial charge in [-0.3, -0.25) is 9.78 Å². The van der Waals surface area contributed by atoms with Crippen molar-refractivity contribution in [1.29, 1.82) is 0 Å². The number of fused-ring (bicyclic) bond motifs is 3. The molecule has 2 N–H and O–H groups in total. The van der Waals surface area contributed by atoms with Crippen molar-refractivity contribution in [1.82, 2.24) is 25.8 Å². The molecule has 7 nitrogen and oxygen atoms in total. The van der Waals surface area contributed by atoms with Crippen LogP contribution in [-0.2, 0) is 43.6 Å². The zero-order valence-corrected chi connectivity index (χ0v) is 20.6. The molecule has 0 amide bonds. The van der Waals surface area contributed by atoms with Crippen LogP contribution in [0, 0.1) is 0 Å². The van der Waals surface area contributed by atoms with Crippen LogP contribution in [0.4, 0.5) is 0 Å². The van der Waals surface area contributed by atoms with Gasteiger partial charge in [-0.25, -0.2) is 4.98 Å². The van der Waals surface area contributed by atoms with E-state index < -0.39 is 0 Å². The van der Waals surface area contributed by atoms with Crippen LogP contribution in [0.3, 0.4) is 0 Å². The van der Waals surface area contributed by atoms with Gasteiger partial charge in [0.1, 0.15) is 22.1 Å². The SMILES string of the molecule is O=C(CCCCc1noc2c1CNCC2)Cc1sc2c(c1-c1nc3cnccc3s1)CCNC2. The minimum atomic E-state index is 0.305. The van der Waals surface area contributed by atoms with Gasteiger partial charge in [-0.1, -0.05) is 5.16 Å². The van der Waals surface area contributed by atoms with Gasteiger partial charge >= 0.3 is 0 Å². The summed E-state index contributed by atoms with van der Waals surface area (Å²) in [5.41, 5.74) is 5.80. The fraction of sp³-hybridized carbons (Fsp3) is 0.440. The maximum absolute atomic E-state index is 13.0. The largest absolute Gasteiger partial charge is 0.361 e. The van der Waals surface area contributed by atoms with Crippen molar-refractivity contribution in [3.63, 3.8) is 0 Å². The van der Waals surface area contributed by atoms with Crippen molar-refractivity contribution in [2.45, 2.75) is 58.0 Å². The number of carbonyl (C=O) groups is 1. The molecule has 0 bridgehead atoms. The number of pyridine rings is 1. The third kappa shape index (κ3) is 4.33. The first-order valence-electron chi connectivity index (χ1n) is 12.0. The topological polar surface area (TPSA) is 92.9 Å². The molecular weight excluding hydrogens is 466 g/mol. The Morgan fingerprint density at radius 3 is 2.94 bits per heavy atom. The van der Waals surface area contributed by atoms with Gasteiger partial charge in [-0.15, -0.1) is 22.7 Å². The van der Waals surface area contributed by atoms with Gasteiger partial charge in [0.05, 0.1) is 16.6 Å². The molecule has 6 heterocycles. The molecule has 0 spiro atoms. The lowest BCUT2D eigenvalue weighted by molar-refractivity contribution is -0.118. The van der Waals surface area contributed by atoms with Gasteiger partial charge < -0.3 is 15.2 Å². The number of thiazole rings is 1. The van der Waals surface area contributed by atoms with Crippen LogP contribution >= 0.6 is 22.7 Å². The molecule has 2 aliphatic rings. The molecule has 0 fully saturated rings. The Kier molecular flexibility index (Phi) is 6.26. The molecule has 176 valence electrons. The van der Waals surface area contributed by atoms with E-state index in [4.69, 9.17) is 9.51 Å². The molecule has 4 aromatic heterocycles. The monoisotopic (exact) mass is 493 g/mol. The number of aromatic nitrogens is 3. The summed E-state index contributed by atoms with van der Waals surface area (Å²) in [7, 11) is 0. The lowest BCUT2D eigenvalue weighted by Gasteiger charge is -2.13. The van der Waals surface area contributed by atoms with Crippen LogP contribution in [0.1, 0.15) is 51.6 Å². The molecular formula is C25H27N5O2S2. The molecule has 0 saturated heterocycles. The zero-order valence-electron chi connectivity index (χ0n) is 19.0. The molecule has 2 aliphatic heterocycles. The minimum absolute atomic E-state index is 0.305. The van der Waals surface area contributed by atoms with Gasteiger partial charge in [0.2, 0.25) is 0 Å². The number of nitrogens with one attached hydrogen (secondary N) is 2. The molecule has 6 rings (SSSR count). The maximum Gasteiger partial charge on any atom is 0.142 e. The van der Waals surface area contributed by atoms with Gasteiger partial charge in [0, 0.05) is 66.0 Å². The van der Waals surface area contributed by atoms with Crippen molar-refractivity contribution in [3.05, 3.63) is 50.8 Å². The van der Waals surface area contributed by atoms with Crippen molar-refractivity contribution in [3.8, 4) is 10.6 Å². The highest BCUT2D eigenvalue weighted by molar-refractivity contribution is 7.22. The van der Waals surface area contributed by atoms with Crippen molar-refractivity contribution >= 4 is 38.7 Å². The summed E-state index contributed by atoms with van der Waals surface area (Å²) in [6, 6.07) is 2.02. The van der Waals surface area contributed by atoms with Gasteiger partial charge in [-0.05, 0) is 43.9 Å². The molecule has 34 heavy (non-hydrogen) atoms. The van der Waals surface area contributed by atoms with Crippen LogP contribution in [-0.4, -0.2) is 34.0 Å².